The Kier molecular flexibility index (Phi) is 4.14. The Hall–Kier alpha value is -1.81. The summed E-state index contributed by atoms with van der Waals surface area (Å²) in [6.45, 7) is 7.44. The van der Waals surface area contributed by atoms with Gasteiger partial charge < -0.3 is 4.74 Å². The summed E-state index contributed by atoms with van der Waals surface area (Å²) in [4.78, 5) is 12.1. The molecule has 0 amide bonds. The van der Waals surface area contributed by atoms with Crippen LogP contribution in [0.3, 0.4) is 0 Å². The smallest absolute Gasteiger partial charge is 0.285 e. The minimum Gasteiger partial charge on any atom is -0.484 e. The molecule has 2 aromatic rings. The van der Waals surface area contributed by atoms with Gasteiger partial charge in [0.1, 0.15) is 5.75 Å². The number of benzene rings is 1. The average molecular weight is 293 g/mol. The molecule has 0 fully saturated rings. The highest BCUT2D eigenvalue weighted by atomic mass is 35.5. The topological polar surface area (TPSA) is 44.1 Å². The highest BCUT2D eigenvalue weighted by Crippen LogP contribution is 2.19. The maximum absolute atomic E-state index is 12.1. The SMILES string of the molecule is Cc1cc(C)cc(OCC(=O)n2nc(C)c(Cl)c2C)c1. The van der Waals surface area contributed by atoms with Crippen LogP contribution in [0.15, 0.2) is 18.2 Å². The van der Waals surface area contributed by atoms with Crippen LogP contribution in [-0.4, -0.2) is 22.3 Å². The van der Waals surface area contributed by atoms with Crippen molar-refractivity contribution in [2.45, 2.75) is 27.7 Å². The third kappa shape index (κ3) is 3.02. The summed E-state index contributed by atoms with van der Waals surface area (Å²) in [6.07, 6.45) is 0. The summed E-state index contributed by atoms with van der Waals surface area (Å²) in [5.74, 6) is 0.445. The Bertz CT molecular complexity index is 642. The van der Waals surface area contributed by atoms with Crippen molar-refractivity contribution in [3.63, 3.8) is 0 Å². The zero-order valence-corrected chi connectivity index (χ0v) is 12.8. The number of hydrogen-bond acceptors (Lipinski definition) is 3. The van der Waals surface area contributed by atoms with Crippen molar-refractivity contribution in [1.82, 2.24) is 9.78 Å². The molecule has 5 heteroatoms. The lowest BCUT2D eigenvalue weighted by molar-refractivity contribution is 0.0818. The number of halogens is 1. The normalized spacial score (nSPS) is 10.7. The third-order valence-electron chi connectivity index (χ3n) is 3.00. The predicted molar refractivity (Wildman–Crippen MR) is 78.7 cm³/mol. The minimum atomic E-state index is -0.239. The summed E-state index contributed by atoms with van der Waals surface area (Å²) in [7, 11) is 0. The molecule has 1 aromatic heterocycles. The second-order valence-corrected chi connectivity index (χ2v) is 5.28. The molecule has 0 radical (unpaired) electrons. The van der Waals surface area contributed by atoms with E-state index >= 15 is 0 Å². The van der Waals surface area contributed by atoms with E-state index in [1.165, 1.54) is 4.68 Å². The van der Waals surface area contributed by atoms with Crippen molar-refractivity contribution in [3.8, 4) is 5.75 Å². The van der Waals surface area contributed by atoms with E-state index < -0.39 is 0 Å². The van der Waals surface area contributed by atoms with Gasteiger partial charge in [0.25, 0.3) is 5.91 Å². The highest BCUT2D eigenvalue weighted by Gasteiger charge is 2.15. The monoisotopic (exact) mass is 292 g/mol. The molecule has 0 atom stereocenters. The van der Waals surface area contributed by atoms with Gasteiger partial charge in [0.05, 0.1) is 16.4 Å². The van der Waals surface area contributed by atoms with Crippen LogP contribution in [0.1, 0.15) is 27.3 Å². The van der Waals surface area contributed by atoms with Crippen molar-refractivity contribution in [3.05, 3.63) is 45.7 Å². The first-order valence-corrected chi connectivity index (χ1v) is 6.72. The summed E-state index contributed by atoms with van der Waals surface area (Å²) in [5.41, 5.74) is 3.48. The second-order valence-electron chi connectivity index (χ2n) is 4.90. The average Bonchev–Trinajstić information content (AvgIpc) is 2.63. The van der Waals surface area contributed by atoms with Crippen LogP contribution in [0.5, 0.6) is 5.75 Å². The lowest BCUT2D eigenvalue weighted by Gasteiger charge is -2.08. The van der Waals surface area contributed by atoms with Gasteiger partial charge in [-0.1, -0.05) is 17.7 Å². The molecule has 1 aromatic carbocycles. The van der Waals surface area contributed by atoms with Crippen molar-refractivity contribution in [1.29, 1.82) is 0 Å². The number of ether oxygens (including phenoxy) is 1. The number of aryl methyl sites for hydroxylation is 3. The zero-order chi connectivity index (χ0) is 14.9. The number of nitrogens with zero attached hydrogens (tertiary/aromatic N) is 2. The van der Waals surface area contributed by atoms with Gasteiger partial charge in [0, 0.05) is 0 Å². The Balaban J connectivity index is 2.10. The van der Waals surface area contributed by atoms with Crippen LogP contribution in [0.25, 0.3) is 0 Å². The fraction of sp³-hybridized carbons (Fsp3) is 0.333. The van der Waals surface area contributed by atoms with E-state index in [0.29, 0.717) is 22.2 Å². The van der Waals surface area contributed by atoms with Crippen molar-refractivity contribution >= 4 is 17.5 Å². The minimum absolute atomic E-state index is 0.0683. The van der Waals surface area contributed by atoms with E-state index in [2.05, 4.69) is 11.2 Å². The fourth-order valence-electron chi connectivity index (χ4n) is 2.09. The first-order valence-electron chi connectivity index (χ1n) is 6.34. The first-order chi connectivity index (χ1) is 9.38. The molecular formula is C15H17ClN2O2. The van der Waals surface area contributed by atoms with E-state index in [1.54, 1.807) is 13.8 Å². The van der Waals surface area contributed by atoms with Crippen LogP contribution in [0, 0.1) is 27.7 Å². The zero-order valence-electron chi connectivity index (χ0n) is 12.0. The van der Waals surface area contributed by atoms with Gasteiger partial charge >= 0.3 is 0 Å². The number of aromatic nitrogens is 2. The maximum atomic E-state index is 12.1. The first kappa shape index (κ1) is 14.6. The molecule has 0 aliphatic rings. The molecule has 0 aliphatic carbocycles. The van der Waals surface area contributed by atoms with Gasteiger partial charge in [0.2, 0.25) is 0 Å². The van der Waals surface area contributed by atoms with E-state index in [4.69, 9.17) is 16.3 Å². The summed E-state index contributed by atoms with van der Waals surface area (Å²) in [6, 6.07) is 5.85. The molecule has 2 rings (SSSR count). The Morgan fingerprint density at radius 3 is 2.30 bits per heavy atom. The van der Waals surface area contributed by atoms with Crippen LogP contribution in [0.4, 0.5) is 0 Å². The Morgan fingerprint density at radius 1 is 1.20 bits per heavy atom. The van der Waals surface area contributed by atoms with Gasteiger partial charge in [-0.25, -0.2) is 4.68 Å². The fourth-order valence-corrected chi connectivity index (χ4v) is 2.21. The van der Waals surface area contributed by atoms with E-state index in [0.717, 1.165) is 11.1 Å². The second kappa shape index (κ2) is 5.67. The molecule has 106 valence electrons. The van der Waals surface area contributed by atoms with E-state index in [-0.39, 0.29) is 12.5 Å². The van der Waals surface area contributed by atoms with Crippen LogP contribution >= 0.6 is 11.6 Å². The molecular weight excluding hydrogens is 276 g/mol. The van der Waals surface area contributed by atoms with Crippen molar-refractivity contribution in [2.75, 3.05) is 6.61 Å². The quantitative estimate of drug-likeness (QED) is 0.870. The third-order valence-corrected chi connectivity index (χ3v) is 3.54. The summed E-state index contributed by atoms with van der Waals surface area (Å²) in [5, 5.41) is 4.63. The maximum Gasteiger partial charge on any atom is 0.285 e. The van der Waals surface area contributed by atoms with E-state index in [1.807, 2.05) is 26.0 Å². The molecule has 0 saturated carbocycles. The molecule has 4 nitrogen and oxygen atoms in total. The molecule has 0 aliphatic heterocycles. The number of hydrogen-bond donors (Lipinski definition) is 0. The number of rotatable bonds is 3. The molecule has 0 N–H and O–H groups in total. The van der Waals surface area contributed by atoms with Gasteiger partial charge in [-0.05, 0) is 51.0 Å². The Labute approximate surface area is 123 Å². The Morgan fingerprint density at radius 2 is 1.80 bits per heavy atom. The standard InChI is InChI=1S/C15H17ClN2O2/c1-9-5-10(2)7-13(6-9)20-8-14(19)18-12(4)15(16)11(3)17-18/h5-7H,8H2,1-4H3. The lowest BCUT2D eigenvalue weighted by atomic mass is 10.1. The predicted octanol–water partition coefficient (Wildman–Crippen LogP) is 3.49. The van der Waals surface area contributed by atoms with Crippen LogP contribution < -0.4 is 4.74 Å². The summed E-state index contributed by atoms with van der Waals surface area (Å²) >= 11 is 6.02. The molecule has 0 unspecified atom stereocenters. The molecule has 1 heterocycles. The summed E-state index contributed by atoms with van der Waals surface area (Å²) < 4.78 is 6.83. The van der Waals surface area contributed by atoms with Crippen LogP contribution in [-0.2, 0) is 0 Å². The highest BCUT2D eigenvalue weighted by molar-refractivity contribution is 6.32. The molecule has 0 bridgehead atoms. The molecule has 0 spiro atoms. The number of carbonyl (C=O) groups excluding carboxylic acids is 1. The lowest BCUT2D eigenvalue weighted by Crippen LogP contribution is -2.21. The van der Waals surface area contributed by atoms with E-state index in [9.17, 15) is 4.79 Å². The van der Waals surface area contributed by atoms with Gasteiger partial charge in [-0.3, -0.25) is 4.79 Å². The molecule has 0 saturated heterocycles. The van der Waals surface area contributed by atoms with Gasteiger partial charge in [-0.15, -0.1) is 0 Å². The largest absolute Gasteiger partial charge is 0.484 e. The number of carbonyl (C=O) groups is 1. The van der Waals surface area contributed by atoms with Gasteiger partial charge in [0.15, 0.2) is 6.61 Å². The van der Waals surface area contributed by atoms with Crippen molar-refractivity contribution < 1.29 is 9.53 Å². The van der Waals surface area contributed by atoms with Crippen LogP contribution in [0.2, 0.25) is 5.02 Å². The van der Waals surface area contributed by atoms with Crippen molar-refractivity contribution in [2.24, 2.45) is 0 Å². The molecule has 20 heavy (non-hydrogen) atoms. The van der Waals surface area contributed by atoms with Gasteiger partial charge in [-0.2, -0.15) is 5.10 Å².